The summed E-state index contributed by atoms with van der Waals surface area (Å²) >= 11 is 11.8. The minimum absolute atomic E-state index is 0.430. The zero-order chi connectivity index (χ0) is 12.4. The highest BCUT2D eigenvalue weighted by atomic mass is 35.5. The average Bonchev–Trinajstić information content (AvgIpc) is 3.08. The molecule has 1 fully saturated rings. The lowest BCUT2D eigenvalue weighted by Crippen LogP contribution is -2.39. The Bertz CT molecular complexity index is 393. The van der Waals surface area contributed by atoms with Gasteiger partial charge in [-0.3, -0.25) is 4.90 Å². The van der Waals surface area contributed by atoms with Crippen LogP contribution in [0.2, 0.25) is 10.3 Å². The summed E-state index contributed by atoms with van der Waals surface area (Å²) in [6.07, 6.45) is 2.58. The molecule has 5 heteroatoms. The number of hydrogen-bond acceptors (Lipinski definition) is 3. The van der Waals surface area contributed by atoms with E-state index in [0.29, 0.717) is 22.9 Å². The van der Waals surface area contributed by atoms with Gasteiger partial charge in [-0.15, -0.1) is 0 Å². The fourth-order valence-electron chi connectivity index (χ4n) is 2.16. The highest BCUT2D eigenvalue weighted by Crippen LogP contribution is 2.35. The van der Waals surface area contributed by atoms with Crippen LogP contribution in [0.1, 0.15) is 18.4 Å². The van der Waals surface area contributed by atoms with Crippen molar-refractivity contribution in [3.63, 3.8) is 0 Å². The Balaban J connectivity index is 2.03. The average molecular weight is 274 g/mol. The molecule has 0 saturated heterocycles. The second kappa shape index (κ2) is 5.53. The SMILES string of the molecule is CN(Cc1ccc(Cl)nc1Cl)C(CN)C1CC1. The molecule has 1 atom stereocenters. The molecule has 1 aromatic heterocycles. The predicted molar refractivity (Wildman–Crippen MR) is 71.3 cm³/mol. The Labute approximate surface area is 112 Å². The molecule has 2 N–H and O–H groups in total. The van der Waals surface area contributed by atoms with Crippen LogP contribution in [-0.2, 0) is 6.54 Å². The third kappa shape index (κ3) is 3.32. The second-order valence-electron chi connectivity index (χ2n) is 4.64. The molecule has 1 aromatic rings. The van der Waals surface area contributed by atoms with Gasteiger partial charge in [-0.1, -0.05) is 29.3 Å². The van der Waals surface area contributed by atoms with Crippen molar-refractivity contribution in [1.29, 1.82) is 0 Å². The van der Waals surface area contributed by atoms with Crippen molar-refractivity contribution in [3.8, 4) is 0 Å². The Hall–Kier alpha value is -0.350. The van der Waals surface area contributed by atoms with Gasteiger partial charge in [0, 0.05) is 24.7 Å². The van der Waals surface area contributed by atoms with Crippen LogP contribution < -0.4 is 5.73 Å². The van der Waals surface area contributed by atoms with Crippen molar-refractivity contribution in [3.05, 3.63) is 28.0 Å². The lowest BCUT2D eigenvalue weighted by Gasteiger charge is -2.27. The van der Waals surface area contributed by atoms with Crippen LogP contribution in [-0.4, -0.2) is 29.5 Å². The molecule has 1 unspecified atom stereocenters. The summed E-state index contributed by atoms with van der Waals surface area (Å²) in [5.41, 5.74) is 6.82. The van der Waals surface area contributed by atoms with Gasteiger partial charge in [-0.25, -0.2) is 4.98 Å². The lowest BCUT2D eigenvalue weighted by molar-refractivity contribution is 0.215. The molecule has 0 aromatic carbocycles. The number of likely N-dealkylation sites (N-methyl/N-ethyl adjacent to an activating group) is 1. The van der Waals surface area contributed by atoms with Crippen LogP contribution in [0, 0.1) is 5.92 Å². The molecular formula is C12H17Cl2N3. The first-order chi connectivity index (χ1) is 8.11. The van der Waals surface area contributed by atoms with Crippen LogP contribution in [0.15, 0.2) is 12.1 Å². The number of hydrogen-bond donors (Lipinski definition) is 1. The van der Waals surface area contributed by atoms with Crippen LogP contribution in [0.3, 0.4) is 0 Å². The molecule has 1 aliphatic carbocycles. The molecule has 0 spiro atoms. The first-order valence-corrected chi connectivity index (χ1v) is 6.58. The summed E-state index contributed by atoms with van der Waals surface area (Å²) in [4.78, 5) is 6.30. The topological polar surface area (TPSA) is 42.2 Å². The van der Waals surface area contributed by atoms with Crippen molar-refractivity contribution in [1.82, 2.24) is 9.88 Å². The second-order valence-corrected chi connectivity index (χ2v) is 5.38. The number of halogens is 2. The normalized spacial score (nSPS) is 17.5. The van der Waals surface area contributed by atoms with E-state index in [9.17, 15) is 0 Å². The number of nitrogens with two attached hydrogens (primary N) is 1. The largest absolute Gasteiger partial charge is 0.329 e. The quantitative estimate of drug-likeness (QED) is 0.839. The minimum Gasteiger partial charge on any atom is -0.329 e. The highest BCUT2D eigenvalue weighted by Gasteiger charge is 2.32. The van der Waals surface area contributed by atoms with Crippen molar-refractivity contribution in [2.75, 3.05) is 13.6 Å². The highest BCUT2D eigenvalue weighted by molar-refractivity contribution is 6.32. The van der Waals surface area contributed by atoms with E-state index in [2.05, 4.69) is 16.9 Å². The summed E-state index contributed by atoms with van der Waals surface area (Å²) < 4.78 is 0. The fraction of sp³-hybridized carbons (Fsp3) is 0.583. The fourth-order valence-corrected chi connectivity index (χ4v) is 2.56. The zero-order valence-corrected chi connectivity index (χ0v) is 11.4. The third-order valence-electron chi connectivity index (χ3n) is 3.29. The van der Waals surface area contributed by atoms with E-state index in [1.54, 1.807) is 6.07 Å². The van der Waals surface area contributed by atoms with Crippen molar-refractivity contribution >= 4 is 23.2 Å². The maximum absolute atomic E-state index is 6.06. The first-order valence-electron chi connectivity index (χ1n) is 5.83. The maximum atomic E-state index is 6.06. The van der Waals surface area contributed by atoms with E-state index in [1.807, 2.05) is 6.07 Å². The van der Waals surface area contributed by atoms with Crippen LogP contribution in [0.25, 0.3) is 0 Å². The predicted octanol–water partition coefficient (Wildman–Crippen LogP) is 2.56. The van der Waals surface area contributed by atoms with Gasteiger partial charge >= 0.3 is 0 Å². The maximum Gasteiger partial charge on any atom is 0.135 e. The summed E-state index contributed by atoms with van der Waals surface area (Å²) in [6, 6.07) is 4.14. The van der Waals surface area contributed by atoms with Crippen LogP contribution >= 0.6 is 23.2 Å². The van der Waals surface area contributed by atoms with Crippen LogP contribution in [0.5, 0.6) is 0 Å². The number of aromatic nitrogens is 1. The zero-order valence-electron chi connectivity index (χ0n) is 9.87. The van der Waals surface area contributed by atoms with Gasteiger partial charge in [0.25, 0.3) is 0 Å². The lowest BCUT2D eigenvalue weighted by atomic mass is 10.1. The van der Waals surface area contributed by atoms with E-state index in [1.165, 1.54) is 12.8 Å². The third-order valence-corrected chi connectivity index (χ3v) is 3.82. The molecule has 94 valence electrons. The van der Waals surface area contributed by atoms with Gasteiger partial charge in [-0.2, -0.15) is 0 Å². The van der Waals surface area contributed by atoms with Gasteiger partial charge in [-0.05, 0) is 31.9 Å². The number of nitrogens with zero attached hydrogens (tertiary/aromatic N) is 2. The van der Waals surface area contributed by atoms with E-state index in [0.717, 1.165) is 18.0 Å². The Morgan fingerprint density at radius 2 is 2.18 bits per heavy atom. The molecule has 0 amide bonds. The summed E-state index contributed by atoms with van der Waals surface area (Å²) in [7, 11) is 2.08. The molecule has 3 nitrogen and oxygen atoms in total. The molecule has 0 radical (unpaired) electrons. The Morgan fingerprint density at radius 1 is 1.47 bits per heavy atom. The Morgan fingerprint density at radius 3 is 2.71 bits per heavy atom. The van der Waals surface area contributed by atoms with Crippen LogP contribution in [0.4, 0.5) is 0 Å². The molecule has 1 aliphatic rings. The van der Waals surface area contributed by atoms with Crippen molar-refractivity contribution in [2.45, 2.75) is 25.4 Å². The minimum atomic E-state index is 0.430. The monoisotopic (exact) mass is 273 g/mol. The van der Waals surface area contributed by atoms with Gasteiger partial charge < -0.3 is 5.73 Å². The van der Waals surface area contributed by atoms with E-state index in [4.69, 9.17) is 28.9 Å². The molecule has 1 saturated carbocycles. The van der Waals surface area contributed by atoms with Gasteiger partial charge in [0.1, 0.15) is 10.3 Å². The smallest absolute Gasteiger partial charge is 0.135 e. The van der Waals surface area contributed by atoms with Crippen molar-refractivity contribution in [2.24, 2.45) is 11.7 Å². The molecule has 1 heterocycles. The summed E-state index contributed by atoms with van der Waals surface area (Å²) in [5, 5.41) is 0.912. The van der Waals surface area contributed by atoms with Gasteiger partial charge in [0.15, 0.2) is 0 Å². The van der Waals surface area contributed by atoms with Crippen molar-refractivity contribution < 1.29 is 0 Å². The van der Waals surface area contributed by atoms with E-state index in [-0.39, 0.29) is 0 Å². The van der Waals surface area contributed by atoms with E-state index >= 15 is 0 Å². The number of pyridine rings is 1. The summed E-state index contributed by atoms with van der Waals surface area (Å²) in [5.74, 6) is 0.754. The molecule has 0 bridgehead atoms. The molecule has 0 aliphatic heterocycles. The van der Waals surface area contributed by atoms with Gasteiger partial charge in [0.05, 0.1) is 0 Å². The molecule has 2 rings (SSSR count). The van der Waals surface area contributed by atoms with Gasteiger partial charge in [0.2, 0.25) is 0 Å². The number of rotatable bonds is 5. The first kappa shape index (κ1) is 13.1. The Kier molecular flexibility index (Phi) is 4.26. The standard InChI is InChI=1S/C12H17Cl2N3/c1-17(10(6-15)8-2-3-8)7-9-4-5-11(13)16-12(9)14/h4-5,8,10H,2-3,6-7,15H2,1H3. The molecule has 17 heavy (non-hydrogen) atoms. The van der Waals surface area contributed by atoms with E-state index < -0.39 is 0 Å². The summed E-state index contributed by atoms with van der Waals surface area (Å²) in [6.45, 7) is 1.46. The molecular weight excluding hydrogens is 257 g/mol.